The molecule has 7 nitrogen and oxygen atoms in total. The number of halogens is 1. The van der Waals surface area contributed by atoms with Crippen LogP contribution < -0.4 is 4.84 Å². The van der Waals surface area contributed by atoms with E-state index in [2.05, 4.69) is 39.5 Å². The fraction of sp³-hybridized carbons (Fsp3) is 0.821. The van der Waals surface area contributed by atoms with E-state index in [9.17, 15) is 20.1 Å². The van der Waals surface area contributed by atoms with Crippen molar-refractivity contribution in [1.29, 1.82) is 0 Å². The number of fused-ring (bicyclic) bond motifs is 2. The van der Waals surface area contributed by atoms with Gasteiger partial charge in [-0.2, -0.15) is 0 Å². The Balaban J connectivity index is 1.23. The second-order valence-electron chi connectivity index (χ2n) is 18.7. The zero-order chi connectivity index (χ0) is 34.0. The highest BCUT2D eigenvalue weighted by molar-refractivity contribution is 6.14. The predicted molar refractivity (Wildman–Crippen MR) is 181 cm³/mol. The summed E-state index contributed by atoms with van der Waals surface area (Å²) in [6.45, 7) is 15.0. The number of aliphatic hydroxyl groups excluding tert-OH is 2. The summed E-state index contributed by atoms with van der Waals surface area (Å²) in [6, 6.07) is 9.17. The third-order valence-electron chi connectivity index (χ3n) is 15.7. The lowest BCUT2D eigenvalue weighted by Gasteiger charge is -2.64. The highest BCUT2D eigenvalue weighted by Crippen LogP contribution is 2.89. The Hall–Kier alpha value is -1.22. The summed E-state index contributed by atoms with van der Waals surface area (Å²) < 4.78 is 13.4. The van der Waals surface area contributed by atoms with E-state index in [0.717, 1.165) is 56.9 Å². The van der Waals surface area contributed by atoms with Crippen molar-refractivity contribution in [3.05, 3.63) is 35.9 Å². The highest BCUT2D eigenvalue weighted by Gasteiger charge is 2.85. The van der Waals surface area contributed by atoms with Crippen LogP contribution in [-0.4, -0.2) is 62.9 Å². The lowest BCUT2D eigenvalue weighted by molar-refractivity contribution is -0.221. The summed E-state index contributed by atoms with van der Waals surface area (Å²) in [7, 11) is 0. The molecule has 0 radical (unpaired) electrons. The highest BCUT2D eigenvalue weighted by atomic mass is 35.5. The van der Waals surface area contributed by atoms with Crippen LogP contribution in [0.2, 0.25) is 0 Å². The Morgan fingerprint density at radius 2 is 1.70 bits per heavy atom. The van der Waals surface area contributed by atoms with Crippen molar-refractivity contribution in [2.45, 2.75) is 154 Å². The Kier molecular flexibility index (Phi) is 7.93. The predicted octanol–water partition coefficient (Wildman–Crippen LogP) is 6.34. The van der Waals surface area contributed by atoms with Gasteiger partial charge in [0.2, 0.25) is 0 Å². The number of esters is 1. The van der Waals surface area contributed by atoms with Gasteiger partial charge >= 0.3 is 5.97 Å². The average molecular weight is 672 g/mol. The maximum Gasteiger partial charge on any atom is 0.325 e. The van der Waals surface area contributed by atoms with Gasteiger partial charge in [-0.3, -0.25) is 4.79 Å². The normalized spacial score (nSPS) is 48.9. The molecule has 0 amide bonds. The Bertz CT molecular complexity index is 1380. The fourth-order valence-electron chi connectivity index (χ4n) is 13.5. The summed E-state index contributed by atoms with van der Waals surface area (Å²) >= 11 is 6.20. The van der Waals surface area contributed by atoms with E-state index < -0.39 is 34.9 Å². The number of rotatable bonds is 7. The molecule has 2 unspecified atom stereocenters. The minimum absolute atomic E-state index is 0.0000601. The van der Waals surface area contributed by atoms with E-state index >= 15 is 0 Å². The minimum Gasteiger partial charge on any atom is -0.461 e. The van der Waals surface area contributed by atoms with Crippen LogP contribution in [0.3, 0.4) is 0 Å². The number of carbonyl (C=O) groups is 1. The molecule has 5 saturated carbocycles. The molecule has 1 heterocycles. The fourth-order valence-corrected chi connectivity index (χ4v) is 13.6. The Morgan fingerprint density at radius 1 is 1.00 bits per heavy atom. The van der Waals surface area contributed by atoms with Crippen LogP contribution in [-0.2, 0) is 20.7 Å². The molecule has 6 aliphatic rings. The van der Waals surface area contributed by atoms with Crippen molar-refractivity contribution in [2.24, 2.45) is 44.8 Å². The summed E-state index contributed by atoms with van der Waals surface area (Å²) in [5.41, 5.74) is -1.13. The van der Waals surface area contributed by atoms with E-state index in [-0.39, 0.29) is 57.6 Å². The van der Waals surface area contributed by atoms with Gasteiger partial charge in [0.05, 0.1) is 29.5 Å². The zero-order valence-corrected chi connectivity index (χ0v) is 30.3. The monoisotopic (exact) mass is 671 g/mol. The molecule has 47 heavy (non-hydrogen) atoms. The first-order valence-electron chi connectivity index (χ1n) is 18.3. The molecule has 8 heteroatoms. The van der Waals surface area contributed by atoms with Crippen molar-refractivity contribution in [1.82, 2.24) is 4.84 Å². The maximum absolute atomic E-state index is 14.0. The molecular formula is C39H58ClNO6. The van der Waals surface area contributed by atoms with Gasteiger partial charge in [-0.05, 0) is 135 Å². The van der Waals surface area contributed by atoms with Gasteiger partial charge in [0.1, 0.15) is 12.1 Å². The van der Waals surface area contributed by atoms with Crippen LogP contribution in [0.4, 0.5) is 0 Å². The molecular weight excluding hydrogens is 614 g/mol. The molecule has 13 atom stereocenters. The second kappa shape index (κ2) is 10.9. The Morgan fingerprint density at radius 3 is 2.34 bits per heavy atom. The molecule has 1 aliphatic heterocycles. The molecule has 6 fully saturated rings. The van der Waals surface area contributed by atoms with Crippen molar-refractivity contribution >= 4 is 17.7 Å². The zero-order valence-electron chi connectivity index (χ0n) is 29.5. The second-order valence-corrected chi connectivity index (χ2v) is 18.9. The van der Waals surface area contributed by atoms with E-state index in [4.69, 9.17) is 21.3 Å². The van der Waals surface area contributed by atoms with Gasteiger partial charge in [0.25, 0.3) is 0 Å². The van der Waals surface area contributed by atoms with Crippen LogP contribution in [0.5, 0.6) is 0 Å². The molecule has 1 aromatic rings. The van der Waals surface area contributed by atoms with Gasteiger partial charge in [-0.25, -0.2) is 4.84 Å². The van der Waals surface area contributed by atoms with Crippen LogP contribution >= 0.6 is 11.8 Å². The third-order valence-corrected chi connectivity index (χ3v) is 16.0. The lowest BCUT2D eigenvalue weighted by Crippen LogP contribution is -2.63. The molecule has 262 valence electrons. The maximum atomic E-state index is 14.0. The first kappa shape index (κ1) is 34.2. The number of benzene rings is 1. The van der Waals surface area contributed by atoms with E-state index in [1.165, 1.54) is 0 Å². The number of nitrogens with one attached hydrogen (secondary N) is 1. The first-order valence-corrected chi connectivity index (χ1v) is 18.6. The molecule has 0 bridgehead atoms. The molecule has 0 aromatic heterocycles. The van der Waals surface area contributed by atoms with Crippen LogP contribution in [0.25, 0.3) is 0 Å². The molecule has 2 spiro atoms. The quantitative estimate of drug-likeness (QED) is 0.198. The smallest absolute Gasteiger partial charge is 0.325 e. The van der Waals surface area contributed by atoms with E-state index in [1.54, 1.807) is 0 Å². The molecule has 1 aromatic carbocycles. The number of hydrogen-bond acceptors (Lipinski definition) is 7. The van der Waals surface area contributed by atoms with E-state index in [0.29, 0.717) is 12.8 Å². The summed E-state index contributed by atoms with van der Waals surface area (Å²) in [5.74, 6) is -0.0888. The number of hydrogen-bond donors (Lipinski definition) is 4. The number of aliphatic hydroxyl groups is 3. The van der Waals surface area contributed by atoms with Crippen LogP contribution in [0.1, 0.15) is 112 Å². The SMILES string of the molecule is CC(C)(O)[C@@H]1CC[C@](C)([C@H]2[C@@H](O)C[C@@]3(C)C4C[C@H](OC(=O)[C@@H](Cc5ccccc5)NCl)[C@H]5C(C)(C)[C@@H](O)CC[C@@]56CC46CC[C@]23C)O1. The van der Waals surface area contributed by atoms with Crippen molar-refractivity contribution in [3.63, 3.8) is 0 Å². The topological polar surface area (TPSA) is 108 Å². The minimum atomic E-state index is -0.938. The van der Waals surface area contributed by atoms with Crippen molar-refractivity contribution < 1.29 is 29.6 Å². The van der Waals surface area contributed by atoms with E-state index in [1.807, 2.05) is 44.2 Å². The van der Waals surface area contributed by atoms with Crippen LogP contribution in [0.15, 0.2) is 30.3 Å². The summed E-state index contributed by atoms with van der Waals surface area (Å²) in [5, 5.41) is 34.3. The lowest BCUT2D eigenvalue weighted by atomic mass is 9.41. The third kappa shape index (κ3) is 4.72. The van der Waals surface area contributed by atoms with Crippen molar-refractivity contribution in [3.8, 4) is 0 Å². The molecule has 7 rings (SSSR count). The molecule has 1 saturated heterocycles. The van der Waals surface area contributed by atoms with Gasteiger partial charge in [0, 0.05) is 11.8 Å². The van der Waals surface area contributed by atoms with Crippen molar-refractivity contribution in [2.75, 3.05) is 0 Å². The largest absolute Gasteiger partial charge is 0.461 e. The average Bonchev–Trinajstić information content (AvgIpc) is 3.36. The van der Waals surface area contributed by atoms with Gasteiger partial charge in [-0.15, -0.1) is 0 Å². The summed E-state index contributed by atoms with van der Waals surface area (Å²) in [6.07, 6.45) is 6.78. The number of ether oxygens (including phenoxy) is 2. The van der Waals surface area contributed by atoms with Gasteiger partial charge < -0.3 is 24.8 Å². The number of carbonyl (C=O) groups excluding carboxylic acids is 1. The van der Waals surface area contributed by atoms with Gasteiger partial charge in [-0.1, -0.05) is 58.0 Å². The first-order chi connectivity index (χ1) is 21.9. The molecule has 4 N–H and O–H groups in total. The van der Waals surface area contributed by atoms with Crippen LogP contribution in [0, 0.1) is 44.8 Å². The van der Waals surface area contributed by atoms with Gasteiger partial charge in [0.15, 0.2) is 0 Å². The molecule has 5 aliphatic carbocycles. The standard InChI is InChI=1S/C39H58ClNO6/c1-33(2)28(43)13-16-39-22-38(39)18-17-35(5)30(37(7)15-14-29(47-37)34(3,4)45)25(42)21-36(35,6)27(38)20-26(31(33)39)46-32(44)24(41-40)19-23-11-9-8-10-12-23/h8-12,24-31,41-43,45H,13-22H2,1-7H3/t24-,25+,26+,27?,28+,29+,30+,31+,35-,36+,37-,38?,39-/m1/s1. The summed E-state index contributed by atoms with van der Waals surface area (Å²) in [4.78, 5) is 16.7. The Labute approximate surface area is 286 Å².